The van der Waals surface area contributed by atoms with Crippen molar-refractivity contribution in [3.8, 4) is 0 Å². The summed E-state index contributed by atoms with van der Waals surface area (Å²) < 4.78 is 0. The van der Waals surface area contributed by atoms with E-state index in [-0.39, 0.29) is 5.41 Å². The topological polar surface area (TPSA) is 38.9 Å². The summed E-state index contributed by atoms with van der Waals surface area (Å²) in [6.07, 6.45) is 6.22. The van der Waals surface area contributed by atoms with Gasteiger partial charge in [-0.05, 0) is 42.4 Å². The molecule has 0 saturated heterocycles. The van der Waals surface area contributed by atoms with Crippen molar-refractivity contribution >= 4 is 0 Å². The molecule has 2 nitrogen and oxygen atoms in total. The molecule has 0 spiro atoms. The van der Waals surface area contributed by atoms with E-state index in [0.29, 0.717) is 0 Å². The minimum atomic E-state index is 0.248. The van der Waals surface area contributed by atoms with E-state index < -0.39 is 0 Å². The van der Waals surface area contributed by atoms with E-state index in [0.717, 1.165) is 18.4 Å². The van der Waals surface area contributed by atoms with Crippen molar-refractivity contribution in [1.29, 1.82) is 0 Å². The minimum Gasteiger partial charge on any atom is -0.330 e. The molecule has 1 aliphatic carbocycles. The second-order valence-corrected chi connectivity index (χ2v) is 5.13. The van der Waals surface area contributed by atoms with Crippen LogP contribution in [0.3, 0.4) is 0 Å². The molecule has 0 aromatic carbocycles. The maximum Gasteiger partial charge on any atom is 0.0270 e. The summed E-state index contributed by atoms with van der Waals surface area (Å²) in [6, 6.07) is 4.23. The first-order valence-corrected chi connectivity index (χ1v) is 5.78. The van der Waals surface area contributed by atoms with Gasteiger partial charge < -0.3 is 5.73 Å². The quantitative estimate of drug-likeness (QED) is 0.820. The van der Waals surface area contributed by atoms with E-state index in [4.69, 9.17) is 5.73 Å². The summed E-state index contributed by atoms with van der Waals surface area (Å²) in [5.41, 5.74) is 7.56. The predicted octanol–water partition coefficient (Wildman–Crippen LogP) is 2.34. The van der Waals surface area contributed by atoms with Crippen molar-refractivity contribution in [2.75, 3.05) is 6.54 Å². The Morgan fingerprint density at radius 2 is 2.00 bits per heavy atom. The highest BCUT2D eigenvalue weighted by molar-refractivity contribution is 5.27. The maximum absolute atomic E-state index is 5.94. The van der Waals surface area contributed by atoms with Gasteiger partial charge >= 0.3 is 0 Å². The van der Waals surface area contributed by atoms with Crippen LogP contribution in [0.4, 0.5) is 0 Å². The molecular formula is C13H20N2. The molecule has 1 saturated carbocycles. The summed E-state index contributed by atoms with van der Waals surface area (Å²) in [4.78, 5) is 4.06. The molecule has 0 amide bonds. The Kier molecular flexibility index (Phi) is 2.79. The lowest BCUT2D eigenvalue weighted by molar-refractivity contribution is 0.106. The highest BCUT2D eigenvalue weighted by Crippen LogP contribution is 2.49. The molecule has 2 N–H and O–H groups in total. The Morgan fingerprint density at radius 1 is 1.40 bits per heavy atom. The van der Waals surface area contributed by atoms with E-state index in [1.54, 1.807) is 0 Å². The van der Waals surface area contributed by atoms with Gasteiger partial charge in [0.2, 0.25) is 0 Å². The van der Waals surface area contributed by atoms with E-state index in [1.165, 1.54) is 18.4 Å². The number of hydrogen-bond acceptors (Lipinski definition) is 2. The third kappa shape index (κ3) is 1.78. The van der Waals surface area contributed by atoms with Crippen LogP contribution >= 0.6 is 0 Å². The molecule has 1 aromatic rings. The Morgan fingerprint density at radius 3 is 2.47 bits per heavy atom. The number of aromatic nitrogens is 1. The first-order valence-electron chi connectivity index (χ1n) is 5.78. The van der Waals surface area contributed by atoms with Gasteiger partial charge in [0.05, 0.1) is 0 Å². The minimum absolute atomic E-state index is 0.248. The van der Waals surface area contributed by atoms with Crippen LogP contribution < -0.4 is 5.73 Å². The van der Waals surface area contributed by atoms with Crippen molar-refractivity contribution < 1.29 is 0 Å². The lowest BCUT2D eigenvalue weighted by atomic mass is 9.56. The number of rotatable bonds is 3. The zero-order valence-electron chi connectivity index (χ0n) is 9.61. The van der Waals surface area contributed by atoms with Gasteiger partial charge in [0.25, 0.3) is 0 Å². The lowest BCUT2D eigenvalue weighted by Crippen LogP contribution is -2.48. The first-order chi connectivity index (χ1) is 7.18. The number of hydrogen-bond donors (Lipinski definition) is 1. The highest BCUT2D eigenvalue weighted by atomic mass is 14.7. The second-order valence-electron chi connectivity index (χ2n) is 5.13. The third-order valence-electron chi connectivity index (χ3n) is 3.93. The molecule has 0 bridgehead atoms. The van der Waals surface area contributed by atoms with Gasteiger partial charge in [-0.3, -0.25) is 4.98 Å². The average molecular weight is 204 g/mol. The molecule has 2 heteroatoms. The number of pyridine rings is 1. The molecule has 1 fully saturated rings. The highest BCUT2D eigenvalue weighted by Gasteiger charge is 2.45. The standard InChI is InChI=1S/C13H20N2/c1-10(2)11-7-13(8-11,9-14)12-3-5-15-6-4-12/h3-6,10-11H,7-9,14H2,1-2H3. The van der Waals surface area contributed by atoms with Crippen LogP contribution in [-0.4, -0.2) is 11.5 Å². The zero-order chi connectivity index (χ0) is 10.9. The molecule has 0 atom stereocenters. The molecule has 82 valence electrons. The van der Waals surface area contributed by atoms with Crippen LogP contribution in [-0.2, 0) is 5.41 Å². The number of nitrogens with two attached hydrogens (primary N) is 1. The fraction of sp³-hybridized carbons (Fsp3) is 0.615. The van der Waals surface area contributed by atoms with Crippen molar-refractivity contribution in [3.63, 3.8) is 0 Å². The summed E-state index contributed by atoms with van der Waals surface area (Å²) in [5, 5.41) is 0. The third-order valence-corrected chi connectivity index (χ3v) is 3.93. The van der Waals surface area contributed by atoms with Crippen LogP contribution in [0.15, 0.2) is 24.5 Å². The molecular weight excluding hydrogens is 184 g/mol. The summed E-state index contributed by atoms with van der Waals surface area (Å²) in [5.74, 6) is 1.63. The van der Waals surface area contributed by atoms with Gasteiger partial charge in [-0.25, -0.2) is 0 Å². The maximum atomic E-state index is 5.94. The zero-order valence-corrected chi connectivity index (χ0v) is 9.61. The Labute approximate surface area is 91.9 Å². The van der Waals surface area contributed by atoms with Crippen LogP contribution in [0.1, 0.15) is 32.3 Å². The van der Waals surface area contributed by atoms with Crippen molar-refractivity contribution in [3.05, 3.63) is 30.1 Å². The molecule has 0 radical (unpaired) electrons. The van der Waals surface area contributed by atoms with Crippen molar-refractivity contribution in [1.82, 2.24) is 4.98 Å². The fourth-order valence-electron chi connectivity index (χ4n) is 2.64. The summed E-state index contributed by atoms with van der Waals surface area (Å²) >= 11 is 0. The van der Waals surface area contributed by atoms with Gasteiger partial charge in [0, 0.05) is 24.4 Å². The van der Waals surface area contributed by atoms with Gasteiger partial charge in [-0.2, -0.15) is 0 Å². The van der Waals surface area contributed by atoms with Gasteiger partial charge in [-0.15, -0.1) is 0 Å². The van der Waals surface area contributed by atoms with Crippen LogP contribution in [0.5, 0.6) is 0 Å². The van der Waals surface area contributed by atoms with Crippen LogP contribution in [0, 0.1) is 11.8 Å². The van der Waals surface area contributed by atoms with Crippen LogP contribution in [0.25, 0.3) is 0 Å². The monoisotopic (exact) mass is 204 g/mol. The molecule has 1 aromatic heterocycles. The van der Waals surface area contributed by atoms with E-state index in [1.807, 2.05) is 12.4 Å². The van der Waals surface area contributed by atoms with E-state index in [9.17, 15) is 0 Å². The van der Waals surface area contributed by atoms with Gasteiger partial charge in [0.1, 0.15) is 0 Å². The van der Waals surface area contributed by atoms with Gasteiger partial charge in [-0.1, -0.05) is 13.8 Å². The Hall–Kier alpha value is -0.890. The number of nitrogens with zero attached hydrogens (tertiary/aromatic N) is 1. The van der Waals surface area contributed by atoms with E-state index >= 15 is 0 Å². The predicted molar refractivity (Wildman–Crippen MR) is 62.5 cm³/mol. The Bertz CT molecular complexity index is 313. The SMILES string of the molecule is CC(C)C1CC(CN)(c2ccncc2)C1. The van der Waals surface area contributed by atoms with Crippen molar-refractivity contribution in [2.45, 2.75) is 32.1 Å². The largest absolute Gasteiger partial charge is 0.330 e. The molecule has 15 heavy (non-hydrogen) atoms. The Balaban J connectivity index is 2.14. The summed E-state index contributed by atoms with van der Waals surface area (Å²) in [7, 11) is 0. The molecule has 0 unspecified atom stereocenters. The van der Waals surface area contributed by atoms with E-state index in [2.05, 4.69) is 31.0 Å². The normalized spacial score (nSPS) is 30.3. The fourth-order valence-corrected chi connectivity index (χ4v) is 2.64. The molecule has 0 aliphatic heterocycles. The molecule has 1 aliphatic rings. The molecule has 2 rings (SSSR count). The summed E-state index contributed by atoms with van der Waals surface area (Å²) in [6.45, 7) is 5.37. The van der Waals surface area contributed by atoms with Crippen LogP contribution in [0.2, 0.25) is 0 Å². The lowest BCUT2D eigenvalue weighted by Gasteiger charge is -2.49. The van der Waals surface area contributed by atoms with Crippen molar-refractivity contribution in [2.24, 2.45) is 17.6 Å². The average Bonchev–Trinajstić information content (AvgIpc) is 2.18. The smallest absolute Gasteiger partial charge is 0.0270 e. The second kappa shape index (κ2) is 3.93. The van der Waals surface area contributed by atoms with Gasteiger partial charge in [0.15, 0.2) is 0 Å². The molecule has 1 heterocycles. The first kappa shape index (κ1) is 10.6.